The molecule has 0 radical (unpaired) electrons. The maximum atomic E-state index is 11.8. The Hall–Kier alpha value is -1.72. The standard InChI is InChI=1S/C19H28O5/c1-13(2)17(22)19(3,4)15(20)11-8-12-16(21)24-18(23)14-9-6-5-7-10-14/h5-7,9-10,13,15,17,20,22H,8,11-12H2,1-4H3. The molecule has 1 aromatic rings. The van der Waals surface area contributed by atoms with E-state index in [1.807, 2.05) is 13.8 Å². The fourth-order valence-corrected chi connectivity index (χ4v) is 2.66. The molecular weight excluding hydrogens is 308 g/mol. The van der Waals surface area contributed by atoms with Gasteiger partial charge in [-0.15, -0.1) is 0 Å². The van der Waals surface area contributed by atoms with Crippen molar-refractivity contribution >= 4 is 11.9 Å². The number of carbonyl (C=O) groups is 2. The van der Waals surface area contributed by atoms with Gasteiger partial charge in [-0.1, -0.05) is 45.9 Å². The summed E-state index contributed by atoms with van der Waals surface area (Å²) in [5, 5.41) is 20.5. The number of rotatable bonds is 8. The van der Waals surface area contributed by atoms with Gasteiger partial charge < -0.3 is 14.9 Å². The van der Waals surface area contributed by atoms with Crippen molar-refractivity contribution in [3.8, 4) is 0 Å². The largest absolute Gasteiger partial charge is 0.392 e. The summed E-state index contributed by atoms with van der Waals surface area (Å²) in [6.45, 7) is 7.40. The number of aliphatic hydroxyl groups excluding tert-OH is 2. The molecule has 0 saturated carbocycles. The second-order valence-electron chi connectivity index (χ2n) is 7.05. The number of esters is 2. The van der Waals surface area contributed by atoms with Crippen molar-refractivity contribution in [3.05, 3.63) is 35.9 Å². The molecule has 0 aliphatic heterocycles. The van der Waals surface area contributed by atoms with E-state index in [0.29, 0.717) is 18.4 Å². The highest BCUT2D eigenvalue weighted by Gasteiger charge is 2.36. The van der Waals surface area contributed by atoms with Gasteiger partial charge in [0, 0.05) is 11.8 Å². The number of benzene rings is 1. The minimum Gasteiger partial charge on any atom is -0.392 e. The van der Waals surface area contributed by atoms with Crippen LogP contribution in [0.25, 0.3) is 0 Å². The molecule has 1 aromatic carbocycles. The zero-order chi connectivity index (χ0) is 18.3. The third-order valence-electron chi connectivity index (χ3n) is 4.33. The van der Waals surface area contributed by atoms with Crippen LogP contribution in [-0.4, -0.2) is 34.4 Å². The minimum absolute atomic E-state index is 0.0307. The van der Waals surface area contributed by atoms with Gasteiger partial charge in [-0.25, -0.2) is 4.79 Å². The number of aliphatic hydroxyl groups is 2. The summed E-state index contributed by atoms with van der Waals surface area (Å²) in [6, 6.07) is 8.32. The molecule has 2 atom stereocenters. The number of hydrogen-bond donors (Lipinski definition) is 2. The molecule has 0 amide bonds. The zero-order valence-corrected chi connectivity index (χ0v) is 14.9. The highest BCUT2D eigenvalue weighted by atomic mass is 16.6. The summed E-state index contributed by atoms with van der Waals surface area (Å²) in [6.07, 6.45) is -0.600. The normalized spacial score (nSPS) is 14.3. The topological polar surface area (TPSA) is 83.8 Å². The van der Waals surface area contributed by atoms with Crippen LogP contribution in [0.5, 0.6) is 0 Å². The second kappa shape index (κ2) is 8.94. The van der Waals surface area contributed by atoms with Crippen LogP contribution in [0.1, 0.15) is 57.3 Å². The van der Waals surface area contributed by atoms with Crippen molar-refractivity contribution in [2.45, 2.75) is 59.2 Å². The Morgan fingerprint density at radius 2 is 1.71 bits per heavy atom. The van der Waals surface area contributed by atoms with Crippen molar-refractivity contribution in [2.75, 3.05) is 0 Å². The van der Waals surface area contributed by atoms with Crippen molar-refractivity contribution in [2.24, 2.45) is 11.3 Å². The highest BCUT2D eigenvalue weighted by molar-refractivity contribution is 5.96. The molecular formula is C19H28O5. The third-order valence-corrected chi connectivity index (χ3v) is 4.33. The Labute approximate surface area is 143 Å². The predicted octanol–water partition coefficient (Wildman–Crippen LogP) is 2.94. The SMILES string of the molecule is CC(C)C(O)C(C)(C)C(O)CCCC(=O)OC(=O)c1ccccc1. The lowest BCUT2D eigenvalue weighted by Crippen LogP contribution is -2.43. The predicted molar refractivity (Wildman–Crippen MR) is 91.3 cm³/mol. The Bertz CT molecular complexity index is 536. The minimum atomic E-state index is -0.743. The molecule has 0 saturated heterocycles. The molecule has 24 heavy (non-hydrogen) atoms. The second-order valence-corrected chi connectivity index (χ2v) is 7.05. The first-order chi connectivity index (χ1) is 11.2. The van der Waals surface area contributed by atoms with Crippen molar-refractivity contribution < 1.29 is 24.5 Å². The van der Waals surface area contributed by atoms with Gasteiger partial charge in [-0.3, -0.25) is 4.79 Å². The van der Waals surface area contributed by atoms with Gasteiger partial charge in [0.05, 0.1) is 17.8 Å². The average molecular weight is 336 g/mol. The van der Waals surface area contributed by atoms with Crippen molar-refractivity contribution in [3.63, 3.8) is 0 Å². The summed E-state index contributed by atoms with van der Waals surface area (Å²) in [7, 11) is 0. The van der Waals surface area contributed by atoms with E-state index in [4.69, 9.17) is 4.74 Å². The smallest absolute Gasteiger partial charge is 0.345 e. The molecule has 0 aliphatic carbocycles. The number of hydrogen-bond acceptors (Lipinski definition) is 5. The molecule has 0 aliphatic rings. The van der Waals surface area contributed by atoms with Gasteiger partial charge in [-0.05, 0) is 30.9 Å². The first kappa shape index (κ1) is 20.3. The summed E-state index contributed by atoms with van der Waals surface area (Å²) >= 11 is 0. The maximum absolute atomic E-state index is 11.8. The van der Waals surface area contributed by atoms with Crippen LogP contribution in [0.4, 0.5) is 0 Å². The molecule has 134 valence electrons. The monoisotopic (exact) mass is 336 g/mol. The number of ether oxygens (including phenoxy) is 1. The molecule has 1 rings (SSSR count). The van der Waals surface area contributed by atoms with Gasteiger partial charge in [0.15, 0.2) is 0 Å². The van der Waals surface area contributed by atoms with E-state index < -0.39 is 29.6 Å². The molecule has 5 nitrogen and oxygen atoms in total. The summed E-state index contributed by atoms with van der Waals surface area (Å²) < 4.78 is 4.78. The van der Waals surface area contributed by atoms with Crippen molar-refractivity contribution in [1.82, 2.24) is 0 Å². The van der Waals surface area contributed by atoms with Gasteiger partial charge >= 0.3 is 11.9 Å². The molecule has 0 heterocycles. The average Bonchev–Trinajstić information content (AvgIpc) is 2.54. The fourth-order valence-electron chi connectivity index (χ4n) is 2.66. The van der Waals surface area contributed by atoms with Crippen LogP contribution in [0.15, 0.2) is 30.3 Å². The van der Waals surface area contributed by atoms with Gasteiger partial charge in [0.1, 0.15) is 0 Å². The third kappa shape index (κ3) is 5.73. The van der Waals surface area contributed by atoms with Gasteiger partial charge in [-0.2, -0.15) is 0 Å². The summed E-state index contributed by atoms with van der Waals surface area (Å²) in [5.74, 6) is -1.25. The molecule has 0 spiro atoms. The zero-order valence-electron chi connectivity index (χ0n) is 14.9. The number of carbonyl (C=O) groups excluding carboxylic acids is 2. The molecule has 2 N–H and O–H groups in total. The van der Waals surface area contributed by atoms with Crippen LogP contribution in [0.3, 0.4) is 0 Å². The van der Waals surface area contributed by atoms with E-state index in [1.165, 1.54) is 0 Å². The fraction of sp³-hybridized carbons (Fsp3) is 0.579. The van der Waals surface area contributed by atoms with Gasteiger partial charge in [0.25, 0.3) is 0 Å². The van der Waals surface area contributed by atoms with Crippen LogP contribution < -0.4 is 0 Å². The van der Waals surface area contributed by atoms with Gasteiger partial charge in [0.2, 0.25) is 0 Å². The van der Waals surface area contributed by atoms with Crippen LogP contribution in [-0.2, 0) is 9.53 Å². The Kier molecular flexibility index (Phi) is 7.58. The lowest BCUT2D eigenvalue weighted by molar-refractivity contribution is -0.138. The molecule has 2 unspecified atom stereocenters. The van der Waals surface area contributed by atoms with E-state index in [-0.39, 0.29) is 12.3 Å². The molecule has 0 bridgehead atoms. The first-order valence-corrected chi connectivity index (χ1v) is 8.32. The van der Waals surface area contributed by atoms with E-state index >= 15 is 0 Å². The van der Waals surface area contributed by atoms with Crippen LogP contribution in [0, 0.1) is 11.3 Å². The first-order valence-electron chi connectivity index (χ1n) is 8.32. The maximum Gasteiger partial charge on any atom is 0.345 e. The van der Waals surface area contributed by atoms with Crippen molar-refractivity contribution in [1.29, 1.82) is 0 Å². The quantitative estimate of drug-likeness (QED) is 0.563. The van der Waals surface area contributed by atoms with E-state index in [9.17, 15) is 19.8 Å². The Morgan fingerprint density at radius 3 is 2.25 bits per heavy atom. The summed E-state index contributed by atoms with van der Waals surface area (Å²) in [5.41, 5.74) is -0.343. The Balaban J connectivity index is 2.41. The molecule has 0 aromatic heterocycles. The van der Waals surface area contributed by atoms with E-state index in [0.717, 1.165) is 0 Å². The molecule has 5 heteroatoms. The van der Waals surface area contributed by atoms with E-state index in [2.05, 4.69) is 0 Å². The molecule has 0 fully saturated rings. The lowest BCUT2D eigenvalue weighted by atomic mass is 9.75. The highest BCUT2D eigenvalue weighted by Crippen LogP contribution is 2.32. The van der Waals surface area contributed by atoms with E-state index in [1.54, 1.807) is 44.2 Å². The summed E-state index contributed by atoms with van der Waals surface area (Å²) in [4.78, 5) is 23.5. The lowest BCUT2D eigenvalue weighted by Gasteiger charge is -2.37. The Morgan fingerprint density at radius 1 is 1.12 bits per heavy atom. The van der Waals surface area contributed by atoms with Crippen LogP contribution >= 0.6 is 0 Å². The van der Waals surface area contributed by atoms with Crippen LogP contribution in [0.2, 0.25) is 0 Å².